The lowest BCUT2D eigenvalue weighted by atomic mass is 9.97. The SMILES string of the molecule is CC(C)C[C@H](NC(=O)[C@H](Cc1ccccc1)Nc1ccc([N+](=O)[O-])cc1)C(=O)c1ccco1. The predicted molar refractivity (Wildman–Crippen MR) is 125 cm³/mol. The molecule has 172 valence electrons. The van der Waals surface area contributed by atoms with Gasteiger partial charge in [-0.3, -0.25) is 19.7 Å². The maximum atomic E-state index is 13.3. The van der Waals surface area contributed by atoms with Gasteiger partial charge in [0.25, 0.3) is 5.69 Å². The summed E-state index contributed by atoms with van der Waals surface area (Å²) in [6.07, 6.45) is 2.25. The fourth-order valence-corrected chi connectivity index (χ4v) is 3.51. The number of nitrogens with one attached hydrogen (secondary N) is 2. The van der Waals surface area contributed by atoms with Gasteiger partial charge in [-0.2, -0.15) is 0 Å². The van der Waals surface area contributed by atoms with Crippen LogP contribution in [0.15, 0.2) is 77.4 Å². The van der Waals surface area contributed by atoms with E-state index < -0.39 is 17.0 Å². The Hall–Kier alpha value is -3.94. The zero-order chi connectivity index (χ0) is 23.8. The van der Waals surface area contributed by atoms with Gasteiger partial charge in [0.2, 0.25) is 11.7 Å². The second-order valence-electron chi connectivity index (χ2n) is 8.22. The van der Waals surface area contributed by atoms with Gasteiger partial charge < -0.3 is 15.1 Å². The number of rotatable bonds is 11. The predicted octanol–water partition coefficient (Wildman–Crippen LogP) is 4.62. The molecule has 0 aliphatic rings. The van der Waals surface area contributed by atoms with Gasteiger partial charge in [0.1, 0.15) is 6.04 Å². The molecule has 2 aromatic carbocycles. The number of carbonyl (C=O) groups excluding carboxylic acids is 2. The van der Waals surface area contributed by atoms with Gasteiger partial charge in [-0.1, -0.05) is 44.2 Å². The average Bonchev–Trinajstić information content (AvgIpc) is 3.33. The van der Waals surface area contributed by atoms with Crippen molar-refractivity contribution in [2.45, 2.75) is 38.8 Å². The molecule has 0 unspecified atom stereocenters. The number of non-ortho nitro benzene ring substituents is 1. The Balaban J connectivity index is 1.81. The smallest absolute Gasteiger partial charge is 0.269 e. The van der Waals surface area contributed by atoms with Crippen molar-refractivity contribution in [2.24, 2.45) is 5.92 Å². The largest absolute Gasteiger partial charge is 0.461 e. The summed E-state index contributed by atoms with van der Waals surface area (Å²) in [6.45, 7) is 3.95. The van der Waals surface area contributed by atoms with E-state index in [0.717, 1.165) is 5.56 Å². The van der Waals surface area contributed by atoms with Crippen LogP contribution >= 0.6 is 0 Å². The molecular weight excluding hydrogens is 422 g/mol. The maximum absolute atomic E-state index is 13.3. The lowest BCUT2D eigenvalue weighted by Gasteiger charge is -2.24. The molecule has 3 aromatic rings. The van der Waals surface area contributed by atoms with E-state index >= 15 is 0 Å². The van der Waals surface area contributed by atoms with E-state index in [1.54, 1.807) is 24.3 Å². The molecule has 0 saturated heterocycles. The number of anilines is 1. The molecule has 1 heterocycles. The Morgan fingerprint density at radius 1 is 0.970 bits per heavy atom. The summed E-state index contributed by atoms with van der Waals surface area (Å²) in [5, 5.41) is 17.0. The zero-order valence-electron chi connectivity index (χ0n) is 18.6. The molecule has 2 N–H and O–H groups in total. The lowest BCUT2D eigenvalue weighted by molar-refractivity contribution is -0.384. The quantitative estimate of drug-likeness (QED) is 0.251. The number of nitro groups is 1. The molecule has 0 saturated carbocycles. The van der Waals surface area contributed by atoms with Gasteiger partial charge in [-0.05, 0) is 42.2 Å². The van der Waals surface area contributed by atoms with E-state index in [9.17, 15) is 19.7 Å². The zero-order valence-corrected chi connectivity index (χ0v) is 18.6. The molecule has 8 heteroatoms. The van der Waals surface area contributed by atoms with E-state index in [4.69, 9.17) is 4.42 Å². The Bertz CT molecular complexity index is 1060. The number of nitrogens with zero attached hydrogens (tertiary/aromatic N) is 1. The highest BCUT2D eigenvalue weighted by Gasteiger charge is 2.28. The first-order valence-corrected chi connectivity index (χ1v) is 10.8. The lowest BCUT2D eigenvalue weighted by Crippen LogP contribution is -2.49. The van der Waals surface area contributed by atoms with Crippen molar-refractivity contribution < 1.29 is 18.9 Å². The van der Waals surface area contributed by atoms with Gasteiger partial charge in [0.15, 0.2) is 5.76 Å². The van der Waals surface area contributed by atoms with Crippen LogP contribution in [0.5, 0.6) is 0 Å². The third kappa shape index (κ3) is 6.77. The second kappa shape index (κ2) is 11.1. The summed E-state index contributed by atoms with van der Waals surface area (Å²) >= 11 is 0. The number of nitro benzene ring substituents is 1. The Morgan fingerprint density at radius 2 is 1.67 bits per heavy atom. The average molecular weight is 450 g/mol. The topological polar surface area (TPSA) is 114 Å². The van der Waals surface area contributed by atoms with Crippen LogP contribution in [-0.4, -0.2) is 28.7 Å². The van der Waals surface area contributed by atoms with E-state index in [1.807, 2.05) is 44.2 Å². The number of ketones is 1. The number of amides is 1. The van der Waals surface area contributed by atoms with Crippen LogP contribution in [0.4, 0.5) is 11.4 Å². The normalized spacial score (nSPS) is 12.7. The second-order valence-corrected chi connectivity index (χ2v) is 8.22. The van der Waals surface area contributed by atoms with Crippen molar-refractivity contribution in [2.75, 3.05) is 5.32 Å². The van der Waals surface area contributed by atoms with Crippen LogP contribution in [0.2, 0.25) is 0 Å². The highest BCUT2D eigenvalue weighted by Crippen LogP contribution is 2.18. The van der Waals surface area contributed by atoms with Gasteiger partial charge in [0.05, 0.1) is 17.2 Å². The van der Waals surface area contributed by atoms with Crippen LogP contribution in [0.3, 0.4) is 0 Å². The minimum absolute atomic E-state index is 0.0364. The number of hydrogen-bond acceptors (Lipinski definition) is 6. The fraction of sp³-hybridized carbons (Fsp3) is 0.280. The Morgan fingerprint density at radius 3 is 2.24 bits per heavy atom. The minimum atomic E-state index is -0.736. The van der Waals surface area contributed by atoms with Crippen LogP contribution in [0.1, 0.15) is 36.4 Å². The molecule has 0 bridgehead atoms. The minimum Gasteiger partial charge on any atom is -0.461 e. The van der Waals surface area contributed by atoms with E-state index in [1.165, 1.54) is 18.4 Å². The number of Topliss-reactive ketones (excluding diaryl/α,β-unsaturated/α-hetero) is 1. The van der Waals surface area contributed by atoms with Crippen molar-refractivity contribution in [1.29, 1.82) is 0 Å². The molecule has 33 heavy (non-hydrogen) atoms. The molecule has 0 spiro atoms. The molecule has 0 fully saturated rings. The summed E-state index contributed by atoms with van der Waals surface area (Å²) in [5.74, 6) is -0.257. The molecule has 0 aliphatic carbocycles. The van der Waals surface area contributed by atoms with E-state index in [2.05, 4.69) is 10.6 Å². The fourth-order valence-electron chi connectivity index (χ4n) is 3.51. The van der Waals surface area contributed by atoms with Crippen molar-refractivity contribution >= 4 is 23.1 Å². The summed E-state index contributed by atoms with van der Waals surface area (Å²) in [6, 6.07) is 17.1. The van der Waals surface area contributed by atoms with Crippen LogP contribution in [-0.2, 0) is 11.2 Å². The Labute approximate surface area is 192 Å². The van der Waals surface area contributed by atoms with E-state index in [0.29, 0.717) is 18.5 Å². The monoisotopic (exact) mass is 449 g/mol. The first-order chi connectivity index (χ1) is 15.8. The van der Waals surface area contributed by atoms with Gasteiger partial charge >= 0.3 is 0 Å². The van der Waals surface area contributed by atoms with Gasteiger partial charge in [0, 0.05) is 24.2 Å². The Kier molecular flexibility index (Phi) is 7.96. The summed E-state index contributed by atoms with van der Waals surface area (Å²) in [7, 11) is 0. The van der Waals surface area contributed by atoms with Gasteiger partial charge in [-0.15, -0.1) is 0 Å². The van der Waals surface area contributed by atoms with E-state index in [-0.39, 0.29) is 29.1 Å². The molecule has 1 amide bonds. The highest BCUT2D eigenvalue weighted by molar-refractivity contribution is 6.00. The number of hydrogen-bond donors (Lipinski definition) is 2. The standard InChI is InChI=1S/C25H27N3O5/c1-17(2)15-21(24(29)23-9-6-14-33-23)27-25(30)22(16-18-7-4-3-5-8-18)26-19-10-12-20(13-11-19)28(31)32/h3-14,17,21-22,26H,15-16H2,1-2H3,(H,27,30)/t21-,22-/m0/s1. The third-order valence-corrected chi connectivity index (χ3v) is 5.12. The first-order valence-electron chi connectivity index (χ1n) is 10.8. The van der Waals surface area contributed by atoms with Crippen molar-refractivity contribution in [3.05, 3.63) is 94.4 Å². The molecule has 3 rings (SSSR count). The first kappa shape index (κ1) is 23.7. The molecule has 1 aromatic heterocycles. The van der Waals surface area contributed by atoms with Crippen LogP contribution in [0, 0.1) is 16.0 Å². The maximum Gasteiger partial charge on any atom is 0.269 e. The summed E-state index contributed by atoms with van der Waals surface area (Å²) < 4.78 is 5.25. The summed E-state index contributed by atoms with van der Waals surface area (Å²) in [5.41, 5.74) is 1.46. The number of benzene rings is 2. The molecule has 8 nitrogen and oxygen atoms in total. The molecular formula is C25H27N3O5. The van der Waals surface area contributed by atoms with Crippen LogP contribution < -0.4 is 10.6 Å². The summed E-state index contributed by atoms with van der Waals surface area (Å²) in [4.78, 5) is 36.7. The number of furan rings is 1. The third-order valence-electron chi connectivity index (χ3n) is 5.12. The van der Waals surface area contributed by atoms with Crippen molar-refractivity contribution in [3.63, 3.8) is 0 Å². The van der Waals surface area contributed by atoms with Crippen molar-refractivity contribution in [1.82, 2.24) is 5.32 Å². The van der Waals surface area contributed by atoms with Gasteiger partial charge in [-0.25, -0.2) is 0 Å². The van der Waals surface area contributed by atoms with Crippen LogP contribution in [0.25, 0.3) is 0 Å². The highest BCUT2D eigenvalue weighted by atomic mass is 16.6. The number of carbonyl (C=O) groups is 2. The van der Waals surface area contributed by atoms with Crippen molar-refractivity contribution in [3.8, 4) is 0 Å². The molecule has 0 aliphatic heterocycles. The molecule has 2 atom stereocenters. The molecule has 0 radical (unpaired) electrons.